The van der Waals surface area contributed by atoms with Crippen LogP contribution >= 0.6 is 11.3 Å². The van der Waals surface area contributed by atoms with Gasteiger partial charge in [0.2, 0.25) is 0 Å². The number of hydrogen-bond acceptors (Lipinski definition) is 3. The largest absolute Gasteiger partial charge is 0.310 e. The molecule has 0 bridgehead atoms. The van der Waals surface area contributed by atoms with Crippen LogP contribution in [0.2, 0.25) is 0 Å². The van der Waals surface area contributed by atoms with Crippen molar-refractivity contribution < 1.29 is 8.78 Å². The molecule has 0 radical (unpaired) electrons. The molecule has 15 rings (SSSR count). The molecule has 0 spiro atoms. The molecular formula is C82H60F2N2S. The molecule has 2 nitrogen and oxygen atoms in total. The van der Waals surface area contributed by atoms with Gasteiger partial charge in [-0.15, -0.1) is 11.3 Å². The van der Waals surface area contributed by atoms with Crippen molar-refractivity contribution in [2.24, 2.45) is 0 Å². The van der Waals surface area contributed by atoms with Crippen molar-refractivity contribution in [1.29, 1.82) is 0 Å². The van der Waals surface area contributed by atoms with Gasteiger partial charge in [0.15, 0.2) is 0 Å². The fourth-order valence-electron chi connectivity index (χ4n) is 14.5. The van der Waals surface area contributed by atoms with E-state index in [0.29, 0.717) is 0 Å². The SMILES string of the molecule is C=Cc1ccc(C2(c3cc(C)ccc3C)c3ccccc3-c3ccc(N(c4ccc(F)cc4)c4ccc5c(c4)sc4cc(N(c6ccc(F)cc6)c6ccc7c(c6)C(c6ccc(C=C)cc6)(c6cc(C)ccc6C)c6ccccc6-7)ccc45)cc32)cc1. The van der Waals surface area contributed by atoms with Crippen molar-refractivity contribution in [2.45, 2.75) is 38.5 Å². The summed E-state index contributed by atoms with van der Waals surface area (Å²) in [7, 11) is 0. The van der Waals surface area contributed by atoms with Crippen molar-refractivity contribution in [1.82, 2.24) is 0 Å². The van der Waals surface area contributed by atoms with Gasteiger partial charge in [-0.25, -0.2) is 8.78 Å². The maximum Gasteiger partial charge on any atom is 0.123 e. The molecule has 1 heterocycles. The number of thiophene rings is 1. The Morgan fingerprint density at radius 3 is 1.09 bits per heavy atom. The molecule has 0 fully saturated rings. The van der Waals surface area contributed by atoms with Crippen LogP contribution in [-0.2, 0) is 10.8 Å². The topological polar surface area (TPSA) is 6.48 Å². The second kappa shape index (κ2) is 20.8. The van der Waals surface area contributed by atoms with Crippen molar-refractivity contribution in [2.75, 3.05) is 9.80 Å². The fourth-order valence-corrected chi connectivity index (χ4v) is 15.6. The third kappa shape index (κ3) is 8.39. The summed E-state index contributed by atoms with van der Waals surface area (Å²) in [5, 5.41) is 2.27. The van der Waals surface area contributed by atoms with Gasteiger partial charge in [0, 0.05) is 54.3 Å². The van der Waals surface area contributed by atoms with E-state index in [2.05, 4.69) is 257 Å². The average Bonchev–Trinajstić information content (AvgIpc) is 1.58. The van der Waals surface area contributed by atoms with Gasteiger partial charge in [0.1, 0.15) is 11.6 Å². The van der Waals surface area contributed by atoms with Gasteiger partial charge in [0.05, 0.1) is 10.8 Å². The third-order valence-electron chi connectivity index (χ3n) is 18.5. The minimum absolute atomic E-state index is 0.297. The van der Waals surface area contributed by atoms with Gasteiger partial charge < -0.3 is 9.80 Å². The van der Waals surface area contributed by atoms with Crippen molar-refractivity contribution in [3.05, 3.63) is 357 Å². The molecule has 1 aromatic heterocycles. The lowest BCUT2D eigenvalue weighted by molar-refractivity contribution is 0.627. The van der Waals surface area contributed by atoms with E-state index in [1.54, 1.807) is 35.6 Å². The van der Waals surface area contributed by atoms with Crippen molar-refractivity contribution in [3.8, 4) is 22.3 Å². The quantitative estimate of drug-likeness (QED) is 0.120. The van der Waals surface area contributed by atoms with Crippen LogP contribution in [0.1, 0.15) is 77.9 Å². The molecule has 0 saturated carbocycles. The van der Waals surface area contributed by atoms with Gasteiger partial charge >= 0.3 is 0 Å². The molecule has 2 atom stereocenters. The Bertz CT molecular complexity index is 4610. The highest BCUT2D eigenvalue weighted by Crippen LogP contribution is 2.60. The van der Waals surface area contributed by atoms with Crippen LogP contribution in [0.15, 0.2) is 268 Å². The van der Waals surface area contributed by atoms with E-state index < -0.39 is 10.8 Å². The molecule has 5 heteroatoms. The summed E-state index contributed by atoms with van der Waals surface area (Å²) in [6, 6.07) is 89.9. The molecular weight excluding hydrogens is 1080 g/mol. The maximum absolute atomic E-state index is 15.0. The number of nitrogens with zero attached hydrogens (tertiary/aromatic N) is 2. The van der Waals surface area contributed by atoms with Crippen LogP contribution in [-0.4, -0.2) is 0 Å². The number of aryl methyl sites for hydroxylation is 4. The van der Waals surface area contributed by atoms with E-state index in [1.165, 1.54) is 89.0 Å². The monoisotopic (exact) mass is 1140 g/mol. The van der Waals surface area contributed by atoms with Crippen molar-refractivity contribution in [3.63, 3.8) is 0 Å². The Balaban J connectivity index is 0.893. The number of benzene rings is 12. The summed E-state index contributed by atoms with van der Waals surface area (Å²) < 4.78 is 32.3. The summed E-state index contributed by atoms with van der Waals surface area (Å²) >= 11 is 1.75. The Labute approximate surface area is 511 Å². The van der Waals surface area contributed by atoms with E-state index in [9.17, 15) is 0 Å². The van der Waals surface area contributed by atoms with Gasteiger partial charge in [0.25, 0.3) is 0 Å². The second-order valence-electron chi connectivity index (χ2n) is 23.4. The van der Waals surface area contributed by atoms with Crippen LogP contribution in [0.4, 0.5) is 42.9 Å². The number of rotatable bonds is 12. The highest BCUT2D eigenvalue weighted by atomic mass is 32.1. The van der Waals surface area contributed by atoms with Crippen LogP contribution in [0.3, 0.4) is 0 Å². The summed E-state index contributed by atoms with van der Waals surface area (Å²) in [5.74, 6) is -0.593. The zero-order valence-corrected chi connectivity index (χ0v) is 49.7. The standard InChI is InChI=1S/C82H60F2N2S/c1-7-55-21-25-57(26-22-55)81(75-45-51(3)17-19-53(75)5)73-15-11-9-13-67(73)69-41-37-63(47-77(69)81)85(61-33-29-59(83)30-34-61)65-39-43-71-72-44-40-66(50-80(72)87-79(71)49-65)86(62-35-31-60(84)32-36-62)64-38-42-70-68-14-10-12-16-74(68)82(78(70)48-64,58-27-23-56(8-2)24-28-58)76-46-52(4)18-20-54(76)6/h7-50H,1-2H2,3-6H3. The second-order valence-corrected chi connectivity index (χ2v) is 24.5. The van der Waals surface area contributed by atoms with E-state index >= 15 is 8.78 Å². The van der Waals surface area contributed by atoms with Crippen LogP contribution in [0, 0.1) is 39.3 Å². The first-order valence-electron chi connectivity index (χ1n) is 29.6. The lowest BCUT2D eigenvalue weighted by Crippen LogP contribution is -2.30. The molecule has 13 aromatic rings. The molecule has 2 aliphatic rings. The molecule has 0 N–H and O–H groups in total. The molecule has 87 heavy (non-hydrogen) atoms. The number of fused-ring (bicyclic) bond motifs is 9. The number of halogens is 2. The summed E-state index contributed by atoms with van der Waals surface area (Å²) in [5.41, 5.74) is 25.5. The predicted octanol–water partition coefficient (Wildman–Crippen LogP) is 22.5. The zero-order chi connectivity index (χ0) is 59.3. The number of anilines is 6. The van der Waals surface area contributed by atoms with Gasteiger partial charge in [-0.1, -0.05) is 194 Å². The lowest BCUT2D eigenvalue weighted by Gasteiger charge is -2.36. The Kier molecular flexibility index (Phi) is 12.8. The average molecular weight is 1140 g/mol. The highest BCUT2D eigenvalue weighted by molar-refractivity contribution is 7.25. The minimum atomic E-state index is -0.660. The van der Waals surface area contributed by atoms with E-state index in [-0.39, 0.29) is 11.6 Å². The summed E-state index contributed by atoms with van der Waals surface area (Å²) in [6.07, 6.45) is 3.80. The van der Waals surface area contributed by atoms with E-state index in [4.69, 9.17) is 0 Å². The molecule has 418 valence electrons. The van der Waals surface area contributed by atoms with E-state index in [1.807, 2.05) is 36.4 Å². The molecule has 12 aromatic carbocycles. The Morgan fingerprint density at radius 2 is 0.690 bits per heavy atom. The smallest absolute Gasteiger partial charge is 0.123 e. The predicted molar refractivity (Wildman–Crippen MR) is 362 cm³/mol. The molecule has 2 unspecified atom stereocenters. The molecule has 0 amide bonds. The highest BCUT2D eigenvalue weighted by Gasteiger charge is 2.49. The van der Waals surface area contributed by atoms with Gasteiger partial charge in [-0.2, -0.15) is 0 Å². The van der Waals surface area contributed by atoms with Crippen molar-refractivity contribution >= 4 is 77.8 Å². The van der Waals surface area contributed by atoms with Crippen LogP contribution in [0.25, 0.3) is 54.6 Å². The Morgan fingerprint density at radius 1 is 0.333 bits per heavy atom. The summed E-state index contributed by atoms with van der Waals surface area (Å²) in [4.78, 5) is 4.53. The molecule has 0 aliphatic heterocycles. The minimum Gasteiger partial charge on any atom is -0.310 e. The normalized spacial score (nSPS) is 15.4. The first-order valence-corrected chi connectivity index (χ1v) is 30.5. The number of hydrogen-bond donors (Lipinski definition) is 0. The molecule has 0 saturated heterocycles. The Hall–Kier alpha value is -10.2. The first-order chi connectivity index (χ1) is 42.5. The van der Waals surface area contributed by atoms with Crippen LogP contribution < -0.4 is 9.80 Å². The van der Waals surface area contributed by atoms with Gasteiger partial charge in [-0.05, 0) is 214 Å². The van der Waals surface area contributed by atoms with E-state index in [0.717, 1.165) is 65.4 Å². The lowest BCUT2D eigenvalue weighted by atomic mass is 9.66. The summed E-state index contributed by atoms with van der Waals surface area (Å²) in [6.45, 7) is 17.0. The zero-order valence-electron chi connectivity index (χ0n) is 48.9. The fraction of sp³-hybridized carbons (Fsp3) is 0.0732. The third-order valence-corrected chi connectivity index (χ3v) is 19.6. The van der Waals surface area contributed by atoms with Gasteiger partial charge in [-0.3, -0.25) is 0 Å². The maximum atomic E-state index is 15.0. The van der Waals surface area contributed by atoms with Crippen LogP contribution in [0.5, 0.6) is 0 Å². The first kappa shape index (κ1) is 53.5. The molecule has 2 aliphatic carbocycles.